The number of aromatic nitrogens is 1. The van der Waals surface area contributed by atoms with E-state index in [-0.39, 0.29) is 11.1 Å². The summed E-state index contributed by atoms with van der Waals surface area (Å²) in [5.74, 6) is -2.71. The minimum Gasteiger partial charge on any atom is -0.400 e. The number of nitrogens with one attached hydrogen (secondary N) is 1. The Morgan fingerprint density at radius 3 is 1.63 bits per heavy atom. The summed E-state index contributed by atoms with van der Waals surface area (Å²) in [6.45, 7) is 7.16. The minimum atomic E-state index is -2.71. The van der Waals surface area contributed by atoms with Gasteiger partial charge >= 0.3 is 0 Å². The summed E-state index contributed by atoms with van der Waals surface area (Å²) in [6, 6.07) is 32.8. The molecular formula is C35H46F2N2O2. The van der Waals surface area contributed by atoms with Crippen LogP contribution >= 0.6 is 0 Å². The van der Waals surface area contributed by atoms with Crippen LogP contribution < -0.4 is 5.32 Å². The first-order chi connectivity index (χ1) is 19.7. The summed E-state index contributed by atoms with van der Waals surface area (Å²) in [7, 11) is 3.99. The van der Waals surface area contributed by atoms with Crippen LogP contribution in [0, 0.1) is 6.92 Å². The molecule has 0 saturated heterocycles. The van der Waals surface area contributed by atoms with E-state index in [0.717, 1.165) is 33.3 Å². The zero-order valence-corrected chi connectivity index (χ0v) is 25.4. The van der Waals surface area contributed by atoms with Gasteiger partial charge < -0.3 is 15.5 Å². The first-order valence-electron chi connectivity index (χ1n) is 13.3. The Morgan fingerprint density at radius 2 is 1.24 bits per heavy atom. The quantitative estimate of drug-likeness (QED) is 0.224. The van der Waals surface area contributed by atoms with Crippen LogP contribution in [0.4, 0.5) is 8.78 Å². The molecule has 6 heteroatoms. The highest BCUT2D eigenvalue weighted by Crippen LogP contribution is 2.26. The van der Waals surface area contributed by atoms with E-state index in [1.54, 1.807) is 18.2 Å². The molecule has 0 aliphatic carbocycles. The number of alkyl halides is 2. The topological polar surface area (TPSA) is 65.4 Å². The molecule has 222 valence electrons. The highest BCUT2D eigenvalue weighted by atomic mass is 19.3. The van der Waals surface area contributed by atoms with Gasteiger partial charge in [-0.25, -0.2) is 8.78 Å². The number of rotatable bonds is 6. The number of halogens is 2. The zero-order valence-electron chi connectivity index (χ0n) is 25.4. The number of pyridine rings is 1. The Hall–Kier alpha value is -3.71. The summed E-state index contributed by atoms with van der Waals surface area (Å²) in [6.07, 6.45) is 6.98. The fraction of sp³-hybridized carbons (Fsp3) is 0.286. The van der Waals surface area contributed by atoms with E-state index in [1.807, 2.05) is 50.5 Å². The van der Waals surface area contributed by atoms with E-state index in [4.69, 9.17) is 10.2 Å². The molecule has 4 nitrogen and oxygen atoms in total. The number of likely N-dealkylation sites (N-methyl/N-ethyl adjacent to an activating group) is 1. The average molecular weight is 565 g/mol. The van der Waals surface area contributed by atoms with Crippen molar-refractivity contribution in [2.75, 3.05) is 21.3 Å². The summed E-state index contributed by atoms with van der Waals surface area (Å²) in [5.41, 5.74) is 4.79. The molecule has 0 aliphatic heterocycles. The molecule has 1 atom stereocenters. The lowest BCUT2D eigenvalue weighted by Gasteiger charge is -2.29. The molecule has 1 heterocycles. The Labute approximate surface area is 245 Å². The molecule has 4 rings (SSSR count). The number of allylic oxidation sites excluding steroid dienone is 1. The summed E-state index contributed by atoms with van der Waals surface area (Å²) < 4.78 is 24.9. The number of nitrogens with zero attached hydrogens (tertiary/aromatic N) is 1. The highest BCUT2D eigenvalue weighted by Gasteiger charge is 2.26. The Kier molecular flexibility index (Phi) is 19.2. The predicted molar refractivity (Wildman–Crippen MR) is 169 cm³/mol. The SMILES string of the molecule is C/C=C/c1ccccc1.CC(F)(F)c1ccccc1.CNC(C)(Cc1ccccc1)c1ccc(C)cn1.CO.CO. The maximum Gasteiger partial charge on any atom is 0.270 e. The number of hydrogen-bond donors (Lipinski definition) is 3. The summed E-state index contributed by atoms with van der Waals surface area (Å²) in [5, 5.41) is 17.4. The molecule has 0 bridgehead atoms. The van der Waals surface area contributed by atoms with Crippen LogP contribution in [0.1, 0.15) is 48.7 Å². The Balaban J connectivity index is 0.000000592. The van der Waals surface area contributed by atoms with Crippen LogP contribution in [-0.2, 0) is 17.9 Å². The predicted octanol–water partition coefficient (Wildman–Crippen LogP) is 7.80. The molecule has 1 unspecified atom stereocenters. The third-order valence-electron chi connectivity index (χ3n) is 5.87. The van der Waals surface area contributed by atoms with Crippen LogP contribution in [-0.4, -0.2) is 36.5 Å². The largest absolute Gasteiger partial charge is 0.400 e. The van der Waals surface area contributed by atoms with E-state index in [2.05, 4.69) is 78.8 Å². The van der Waals surface area contributed by atoms with E-state index in [1.165, 1.54) is 28.8 Å². The summed E-state index contributed by atoms with van der Waals surface area (Å²) >= 11 is 0. The average Bonchev–Trinajstić information content (AvgIpc) is 3.01. The van der Waals surface area contributed by atoms with Crippen LogP contribution in [0.5, 0.6) is 0 Å². The van der Waals surface area contributed by atoms with Gasteiger partial charge in [0.05, 0.1) is 11.2 Å². The summed E-state index contributed by atoms with van der Waals surface area (Å²) in [4.78, 5) is 4.55. The van der Waals surface area contributed by atoms with Gasteiger partial charge in [0.25, 0.3) is 5.92 Å². The molecule has 41 heavy (non-hydrogen) atoms. The maximum atomic E-state index is 12.5. The van der Waals surface area contributed by atoms with E-state index < -0.39 is 5.92 Å². The second-order valence-corrected chi connectivity index (χ2v) is 9.13. The third-order valence-corrected chi connectivity index (χ3v) is 5.87. The van der Waals surface area contributed by atoms with Crippen LogP contribution in [0.25, 0.3) is 6.08 Å². The van der Waals surface area contributed by atoms with E-state index in [0.29, 0.717) is 0 Å². The number of aliphatic hydroxyl groups is 2. The molecule has 0 amide bonds. The number of benzene rings is 3. The van der Waals surface area contributed by atoms with Crippen molar-refractivity contribution < 1.29 is 19.0 Å². The van der Waals surface area contributed by atoms with Crippen molar-refractivity contribution in [3.05, 3.63) is 143 Å². The number of hydrogen-bond acceptors (Lipinski definition) is 4. The van der Waals surface area contributed by atoms with Gasteiger partial charge in [0, 0.05) is 32.9 Å². The molecule has 4 aromatic rings. The number of aryl methyl sites for hydroxylation is 1. The third kappa shape index (κ3) is 15.0. The lowest BCUT2D eigenvalue weighted by molar-refractivity contribution is 0.0175. The van der Waals surface area contributed by atoms with Gasteiger partial charge in [-0.15, -0.1) is 0 Å². The lowest BCUT2D eigenvalue weighted by Crippen LogP contribution is -2.39. The van der Waals surface area contributed by atoms with Crippen LogP contribution in [0.15, 0.2) is 115 Å². The normalized spacial score (nSPS) is 11.6. The minimum absolute atomic E-state index is 0.0648. The van der Waals surface area contributed by atoms with Gasteiger partial charge in [0.2, 0.25) is 0 Å². The van der Waals surface area contributed by atoms with Crippen molar-refractivity contribution in [1.29, 1.82) is 0 Å². The second-order valence-electron chi connectivity index (χ2n) is 9.13. The van der Waals surface area contributed by atoms with Crippen molar-refractivity contribution in [1.82, 2.24) is 10.3 Å². The van der Waals surface area contributed by atoms with Gasteiger partial charge in [-0.05, 0) is 57.0 Å². The van der Waals surface area contributed by atoms with Gasteiger partial charge in [0.1, 0.15) is 0 Å². The fourth-order valence-electron chi connectivity index (χ4n) is 3.59. The lowest BCUT2D eigenvalue weighted by atomic mass is 9.89. The Morgan fingerprint density at radius 1 is 0.756 bits per heavy atom. The molecule has 3 aromatic carbocycles. The molecular weight excluding hydrogens is 518 g/mol. The maximum absolute atomic E-state index is 12.5. The van der Waals surface area contributed by atoms with Crippen molar-refractivity contribution in [2.24, 2.45) is 0 Å². The molecule has 1 aromatic heterocycles. The van der Waals surface area contributed by atoms with Crippen molar-refractivity contribution in [3.8, 4) is 0 Å². The highest BCUT2D eigenvalue weighted by molar-refractivity contribution is 5.48. The van der Waals surface area contributed by atoms with Gasteiger partial charge in [-0.3, -0.25) is 4.98 Å². The Bertz CT molecular complexity index is 1180. The standard InChI is InChI=1S/C16H20N2.C9H10.C8H8F2.2CH4O/c1-13-9-10-15(18-12-13)16(2,17-3)11-14-7-5-4-6-8-14;1-2-6-9-7-4-3-5-8-9;1-8(9,10)7-5-3-2-4-6-7;2*1-2/h4-10,12,17H,11H2,1-3H3;2-8H,1H3;2-6H,1H3;2*2H,1H3/b;6-2+;;;. The number of aliphatic hydroxyl groups excluding tert-OH is 2. The molecule has 0 aliphatic rings. The zero-order chi connectivity index (χ0) is 31.2. The molecule has 0 saturated carbocycles. The molecule has 3 N–H and O–H groups in total. The van der Waals surface area contributed by atoms with Gasteiger partial charge in [0.15, 0.2) is 0 Å². The van der Waals surface area contributed by atoms with Crippen molar-refractivity contribution >= 4 is 6.08 Å². The monoisotopic (exact) mass is 564 g/mol. The van der Waals surface area contributed by atoms with Gasteiger partial charge in [-0.1, -0.05) is 109 Å². The second kappa shape index (κ2) is 21.1. The van der Waals surface area contributed by atoms with Crippen molar-refractivity contribution in [3.63, 3.8) is 0 Å². The fourth-order valence-corrected chi connectivity index (χ4v) is 3.59. The molecule has 0 radical (unpaired) electrons. The first-order valence-corrected chi connectivity index (χ1v) is 13.3. The van der Waals surface area contributed by atoms with E-state index in [9.17, 15) is 8.78 Å². The molecule has 0 spiro atoms. The molecule has 0 fully saturated rings. The van der Waals surface area contributed by atoms with Gasteiger partial charge in [-0.2, -0.15) is 0 Å². The van der Waals surface area contributed by atoms with Crippen molar-refractivity contribution in [2.45, 2.75) is 45.6 Å². The van der Waals surface area contributed by atoms with E-state index >= 15 is 0 Å². The van der Waals surface area contributed by atoms with Crippen LogP contribution in [0.3, 0.4) is 0 Å². The first kappa shape index (κ1) is 37.3. The van der Waals surface area contributed by atoms with Crippen LogP contribution in [0.2, 0.25) is 0 Å². The smallest absolute Gasteiger partial charge is 0.270 e.